The zero-order chi connectivity index (χ0) is 14.7. The lowest BCUT2D eigenvalue weighted by molar-refractivity contribution is -0.121. The zero-order valence-corrected chi connectivity index (χ0v) is 12.4. The molecule has 1 aliphatic rings. The standard InChI is InChI=1S/C14H23N5O/c1-4-16-13-11(9(2)3)14(18-8-17-13)19-6-5-10(7-19)12(15)20/h8-10H,4-7H2,1-3H3,(H2,15,20)(H,16,17,18). The maximum Gasteiger partial charge on any atom is 0.222 e. The van der Waals surface area contributed by atoms with Gasteiger partial charge >= 0.3 is 0 Å². The molecule has 20 heavy (non-hydrogen) atoms. The highest BCUT2D eigenvalue weighted by molar-refractivity contribution is 5.78. The van der Waals surface area contributed by atoms with Gasteiger partial charge in [-0.3, -0.25) is 4.79 Å². The monoisotopic (exact) mass is 277 g/mol. The molecule has 6 heteroatoms. The van der Waals surface area contributed by atoms with E-state index in [1.165, 1.54) is 0 Å². The Balaban J connectivity index is 2.32. The van der Waals surface area contributed by atoms with Gasteiger partial charge in [0, 0.05) is 25.2 Å². The highest BCUT2D eigenvalue weighted by Gasteiger charge is 2.30. The van der Waals surface area contributed by atoms with Gasteiger partial charge in [-0.1, -0.05) is 13.8 Å². The van der Waals surface area contributed by atoms with Crippen molar-refractivity contribution in [3.63, 3.8) is 0 Å². The number of nitrogens with one attached hydrogen (secondary N) is 1. The largest absolute Gasteiger partial charge is 0.370 e. The van der Waals surface area contributed by atoms with Gasteiger partial charge in [0.15, 0.2) is 0 Å². The van der Waals surface area contributed by atoms with Gasteiger partial charge in [-0.2, -0.15) is 0 Å². The first-order valence-electron chi connectivity index (χ1n) is 7.17. The smallest absolute Gasteiger partial charge is 0.222 e. The van der Waals surface area contributed by atoms with E-state index < -0.39 is 0 Å². The van der Waals surface area contributed by atoms with Crippen LogP contribution in [0.25, 0.3) is 0 Å². The highest BCUT2D eigenvalue weighted by Crippen LogP contribution is 2.33. The molecule has 3 N–H and O–H groups in total. The van der Waals surface area contributed by atoms with Crippen molar-refractivity contribution in [1.29, 1.82) is 0 Å². The van der Waals surface area contributed by atoms with E-state index >= 15 is 0 Å². The summed E-state index contributed by atoms with van der Waals surface area (Å²) >= 11 is 0. The fourth-order valence-electron chi connectivity index (χ4n) is 2.66. The lowest BCUT2D eigenvalue weighted by Gasteiger charge is -2.23. The van der Waals surface area contributed by atoms with Crippen molar-refractivity contribution in [3.05, 3.63) is 11.9 Å². The Morgan fingerprint density at radius 1 is 1.55 bits per heavy atom. The summed E-state index contributed by atoms with van der Waals surface area (Å²) in [4.78, 5) is 22.2. The van der Waals surface area contributed by atoms with Gasteiger partial charge in [0.1, 0.15) is 18.0 Å². The number of carbonyl (C=O) groups is 1. The van der Waals surface area contributed by atoms with E-state index in [0.29, 0.717) is 12.5 Å². The van der Waals surface area contributed by atoms with Crippen LogP contribution in [0.3, 0.4) is 0 Å². The number of nitrogens with two attached hydrogens (primary N) is 1. The lowest BCUT2D eigenvalue weighted by Crippen LogP contribution is -2.28. The van der Waals surface area contributed by atoms with Crippen molar-refractivity contribution in [2.75, 3.05) is 29.9 Å². The second-order valence-electron chi connectivity index (χ2n) is 5.48. The Hall–Kier alpha value is -1.85. The van der Waals surface area contributed by atoms with Crippen LogP contribution in [0.4, 0.5) is 11.6 Å². The first-order valence-corrected chi connectivity index (χ1v) is 7.17. The predicted octanol–water partition coefficient (Wildman–Crippen LogP) is 1.34. The summed E-state index contributed by atoms with van der Waals surface area (Å²) < 4.78 is 0. The number of anilines is 2. The molecule has 6 nitrogen and oxygen atoms in total. The predicted molar refractivity (Wildman–Crippen MR) is 79.8 cm³/mol. The Bertz CT molecular complexity index is 488. The van der Waals surface area contributed by atoms with E-state index in [-0.39, 0.29) is 11.8 Å². The second-order valence-corrected chi connectivity index (χ2v) is 5.48. The Kier molecular flexibility index (Phi) is 4.42. The minimum absolute atomic E-state index is 0.0763. The van der Waals surface area contributed by atoms with Crippen LogP contribution in [0.1, 0.15) is 38.7 Å². The molecule has 0 saturated carbocycles. The quantitative estimate of drug-likeness (QED) is 0.848. The van der Waals surface area contributed by atoms with Crippen LogP contribution in [0.15, 0.2) is 6.33 Å². The summed E-state index contributed by atoms with van der Waals surface area (Å²) in [5, 5.41) is 3.29. The SMILES string of the molecule is CCNc1ncnc(N2CCC(C(N)=O)C2)c1C(C)C. The maximum atomic E-state index is 11.3. The summed E-state index contributed by atoms with van der Waals surface area (Å²) in [6, 6.07) is 0. The fourth-order valence-corrected chi connectivity index (χ4v) is 2.66. The lowest BCUT2D eigenvalue weighted by atomic mass is 10.0. The van der Waals surface area contributed by atoms with Crippen LogP contribution in [0, 0.1) is 5.92 Å². The van der Waals surface area contributed by atoms with E-state index in [1.807, 2.05) is 6.92 Å². The molecular weight excluding hydrogens is 254 g/mol. The molecule has 0 bridgehead atoms. The first kappa shape index (κ1) is 14.6. The third kappa shape index (κ3) is 2.84. The molecular formula is C14H23N5O. The molecule has 1 unspecified atom stereocenters. The molecule has 1 aromatic heterocycles. The third-order valence-corrected chi connectivity index (χ3v) is 3.67. The van der Waals surface area contributed by atoms with Crippen LogP contribution in [0.2, 0.25) is 0 Å². The van der Waals surface area contributed by atoms with E-state index in [9.17, 15) is 4.79 Å². The maximum absolute atomic E-state index is 11.3. The molecule has 0 spiro atoms. The molecule has 0 radical (unpaired) electrons. The van der Waals surface area contributed by atoms with E-state index in [2.05, 4.69) is 34.0 Å². The topological polar surface area (TPSA) is 84.1 Å². The Labute approximate surface area is 119 Å². The number of nitrogens with zero attached hydrogens (tertiary/aromatic N) is 3. The molecule has 1 fully saturated rings. The normalized spacial score (nSPS) is 18.6. The van der Waals surface area contributed by atoms with Crippen molar-refractivity contribution >= 4 is 17.5 Å². The summed E-state index contributed by atoms with van der Waals surface area (Å²) in [7, 11) is 0. The van der Waals surface area contributed by atoms with Crippen molar-refractivity contribution in [3.8, 4) is 0 Å². The molecule has 0 aromatic carbocycles. The molecule has 1 saturated heterocycles. The number of aromatic nitrogens is 2. The first-order chi connectivity index (χ1) is 9.54. The number of primary amides is 1. The van der Waals surface area contributed by atoms with Crippen LogP contribution < -0.4 is 16.0 Å². The molecule has 2 heterocycles. The second kappa shape index (κ2) is 6.07. The van der Waals surface area contributed by atoms with Gasteiger partial charge in [0.2, 0.25) is 5.91 Å². The summed E-state index contributed by atoms with van der Waals surface area (Å²) in [5.74, 6) is 1.82. The fraction of sp³-hybridized carbons (Fsp3) is 0.643. The molecule has 1 amide bonds. The molecule has 1 aliphatic heterocycles. The summed E-state index contributed by atoms with van der Waals surface area (Å²) in [6.07, 6.45) is 2.38. The minimum Gasteiger partial charge on any atom is -0.370 e. The van der Waals surface area contributed by atoms with Crippen molar-refractivity contribution in [2.45, 2.75) is 33.1 Å². The van der Waals surface area contributed by atoms with Gasteiger partial charge in [-0.05, 0) is 19.3 Å². The summed E-state index contributed by atoms with van der Waals surface area (Å²) in [5.41, 5.74) is 6.51. The highest BCUT2D eigenvalue weighted by atomic mass is 16.1. The molecule has 1 atom stereocenters. The van der Waals surface area contributed by atoms with E-state index in [4.69, 9.17) is 5.73 Å². The van der Waals surface area contributed by atoms with Gasteiger partial charge in [-0.15, -0.1) is 0 Å². The Morgan fingerprint density at radius 3 is 2.85 bits per heavy atom. The van der Waals surface area contributed by atoms with E-state index in [0.717, 1.165) is 36.7 Å². The summed E-state index contributed by atoms with van der Waals surface area (Å²) in [6.45, 7) is 8.59. The number of hydrogen-bond donors (Lipinski definition) is 2. The molecule has 110 valence electrons. The number of carbonyl (C=O) groups excluding carboxylic acids is 1. The van der Waals surface area contributed by atoms with Crippen molar-refractivity contribution < 1.29 is 4.79 Å². The van der Waals surface area contributed by atoms with Crippen LogP contribution in [-0.4, -0.2) is 35.5 Å². The third-order valence-electron chi connectivity index (χ3n) is 3.67. The zero-order valence-electron chi connectivity index (χ0n) is 12.4. The minimum atomic E-state index is -0.223. The average Bonchev–Trinajstić information content (AvgIpc) is 2.88. The van der Waals surface area contributed by atoms with E-state index in [1.54, 1.807) is 6.33 Å². The molecule has 1 aromatic rings. The van der Waals surface area contributed by atoms with Gasteiger partial charge in [0.25, 0.3) is 0 Å². The number of amides is 1. The van der Waals surface area contributed by atoms with Crippen LogP contribution in [0.5, 0.6) is 0 Å². The van der Waals surface area contributed by atoms with Crippen molar-refractivity contribution in [1.82, 2.24) is 9.97 Å². The van der Waals surface area contributed by atoms with Gasteiger partial charge in [0.05, 0.1) is 5.92 Å². The number of hydrogen-bond acceptors (Lipinski definition) is 5. The van der Waals surface area contributed by atoms with Crippen LogP contribution in [-0.2, 0) is 4.79 Å². The van der Waals surface area contributed by atoms with Crippen molar-refractivity contribution in [2.24, 2.45) is 11.7 Å². The average molecular weight is 277 g/mol. The van der Waals surface area contributed by atoms with Crippen LogP contribution >= 0.6 is 0 Å². The number of rotatable bonds is 5. The van der Waals surface area contributed by atoms with Gasteiger partial charge < -0.3 is 16.0 Å². The Morgan fingerprint density at radius 2 is 2.30 bits per heavy atom. The molecule has 2 rings (SSSR count). The van der Waals surface area contributed by atoms with Gasteiger partial charge in [-0.25, -0.2) is 9.97 Å². The molecule has 0 aliphatic carbocycles.